The molecule has 4 heteroatoms. The fraction of sp³-hybridized carbons (Fsp3) is 0.250. The first kappa shape index (κ1) is 11.1. The SMILES string of the molecule is CC(CC(=O)O)Sc1ccc2coccc1-2. The summed E-state index contributed by atoms with van der Waals surface area (Å²) in [4.78, 5) is 11.7. The van der Waals surface area contributed by atoms with Gasteiger partial charge in [0.25, 0.3) is 0 Å². The summed E-state index contributed by atoms with van der Waals surface area (Å²) < 4.78 is 5.07. The van der Waals surface area contributed by atoms with Gasteiger partial charge in [-0.2, -0.15) is 0 Å². The largest absolute Gasteiger partial charge is 0.481 e. The normalized spacial score (nSPS) is 12.8. The first-order chi connectivity index (χ1) is 7.66. The van der Waals surface area contributed by atoms with Crippen LogP contribution in [0.3, 0.4) is 0 Å². The van der Waals surface area contributed by atoms with Gasteiger partial charge in [0, 0.05) is 21.3 Å². The molecule has 1 unspecified atom stereocenters. The van der Waals surface area contributed by atoms with Gasteiger partial charge in [0.05, 0.1) is 18.9 Å². The standard InChI is InChI=1S/C12H12O3S/c1-8(6-12(13)14)16-11-3-2-9-7-15-5-4-10(9)11/h2-5,7-8H,6H2,1H3,(H,13,14). The highest BCUT2D eigenvalue weighted by atomic mass is 32.2. The highest BCUT2D eigenvalue weighted by Gasteiger charge is 2.14. The van der Waals surface area contributed by atoms with E-state index in [9.17, 15) is 4.79 Å². The summed E-state index contributed by atoms with van der Waals surface area (Å²) in [5.74, 6) is -0.758. The number of hydrogen-bond donors (Lipinski definition) is 1. The maximum absolute atomic E-state index is 10.6. The van der Waals surface area contributed by atoms with E-state index in [1.807, 2.05) is 25.1 Å². The minimum Gasteiger partial charge on any atom is -0.481 e. The summed E-state index contributed by atoms with van der Waals surface area (Å²) in [7, 11) is 0. The minimum absolute atomic E-state index is 0.0697. The molecule has 0 aromatic rings. The maximum atomic E-state index is 10.6. The average Bonchev–Trinajstić information content (AvgIpc) is 2.61. The molecule has 1 N–H and O–H groups in total. The third-order valence-corrected chi connectivity index (χ3v) is 3.47. The number of fused-ring (bicyclic) bond motifs is 1. The molecule has 0 spiro atoms. The van der Waals surface area contributed by atoms with E-state index in [1.54, 1.807) is 24.3 Å². The molecule has 2 aliphatic rings. The van der Waals surface area contributed by atoms with Crippen molar-refractivity contribution >= 4 is 17.7 Å². The molecule has 1 atom stereocenters. The van der Waals surface area contributed by atoms with Crippen LogP contribution in [0.4, 0.5) is 0 Å². The van der Waals surface area contributed by atoms with Gasteiger partial charge in [-0.25, -0.2) is 0 Å². The second-order valence-electron chi connectivity index (χ2n) is 3.65. The molecular weight excluding hydrogens is 224 g/mol. The van der Waals surface area contributed by atoms with Gasteiger partial charge in [-0.1, -0.05) is 13.0 Å². The lowest BCUT2D eigenvalue weighted by molar-refractivity contribution is -0.136. The van der Waals surface area contributed by atoms with Gasteiger partial charge in [-0.3, -0.25) is 4.79 Å². The monoisotopic (exact) mass is 236 g/mol. The van der Waals surface area contributed by atoms with Gasteiger partial charge in [-0.05, 0) is 12.1 Å². The van der Waals surface area contributed by atoms with E-state index < -0.39 is 5.97 Å². The van der Waals surface area contributed by atoms with Gasteiger partial charge < -0.3 is 9.52 Å². The summed E-state index contributed by atoms with van der Waals surface area (Å²) >= 11 is 1.59. The van der Waals surface area contributed by atoms with E-state index in [-0.39, 0.29) is 11.7 Å². The molecule has 0 aromatic heterocycles. The smallest absolute Gasteiger partial charge is 0.304 e. The van der Waals surface area contributed by atoms with Crippen molar-refractivity contribution in [3.63, 3.8) is 0 Å². The predicted octanol–water partition coefficient (Wildman–Crippen LogP) is 3.34. The van der Waals surface area contributed by atoms with Crippen LogP contribution in [-0.4, -0.2) is 16.3 Å². The highest BCUT2D eigenvalue weighted by Crippen LogP contribution is 2.37. The van der Waals surface area contributed by atoms with Crippen molar-refractivity contribution in [3.8, 4) is 11.1 Å². The van der Waals surface area contributed by atoms with Crippen molar-refractivity contribution in [2.24, 2.45) is 0 Å². The lowest BCUT2D eigenvalue weighted by Crippen LogP contribution is -2.05. The first-order valence-corrected chi connectivity index (χ1v) is 5.88. The Morgan fingerprint density at radius 3 is 3.06 bits per heavy atom. The van der Waals surface area contributed by atoms with Gasteiger partial charge in [0.1, 0.15) is 0 Å². The Bertz CT molecular complexity index is 463. The molecule has 0 saturated heterocycles. The van der Waals surface area contributed by atoms with Gasteiger partial charge >= 0.3 is 5.97 Å². The molecule has 0 radical (unpaired) electrons. The molecule has 0 aromatic carbocycles. The van der Waals surface area contributed by atoms with E-state index >= 15 is 0 Å². The zero-order valence-electron chi connectivity index (χ0n) is 8.84. The number of carbonyl (C=O) groups is 1. The Balaban J connectivity index is 2.13. The van der Waals surface area contributed by atoms with Gasteiger partial charge in [0.15, 0.2) is 0 Å². The number of aliphatic carboxylic acids is 1. The Kier molecular flexibility index (Phi) is 3.19. The summed E-state index contributed by atoms with van der Waals surface area (Å²) in [6, 6.07) is 5.89. The fourth-order valence-electron chi connectivity index (χ4n) is 1.60. The molecular formula is C12H12O3S. The fourth-order valence-corrected chi connectivity index (χ4v) is 2.71. The average molecular weight is 236 g/mol. The number of hydrogen-bond acceptors (Lipinski definition) is 3. The van der Waals surface area contributed by atoms with Gasteiger partial charge in [0.2, 0.25) is 0 Å². The maximum Gasteiger partial charge on any atom is 0.304 e. The molecule has 3 nitrogen and oxygen atoms in total. The van der Waals surface area contributed by atoms with Crippen molar-refractivity contribution in [3.05, 3.63) is 30.7 Å². The van der Waals surface area contributed by atoms with Crippen LogP contribution < -0.4 is 0 Å². The van der Waals surface area contributed by atoms with Crippen molar-refractivity contribution in [1.29, 1.82) is 0 Å². The summed E-state index contributed by atoms with van der Waals surface area (Å²) in [6.07, 6.45) is 3.50. The highest BCUT2D eigenvalue weighted by molar-refractivity contribution is 8.00. The molecule has 1 heterocycles. The summed E-state index contributed by atoms with van der Waals surface area (Å²) in [6.45, 7) is 1.92. The van der Waals surface area contributed by atoms with E-state index in [2.05, 4.69) is 0 Å². The number of thioether (sulfide) groups is 1. The van der Waals surface area contributed by atoms with Crippen molar-refractivity contribution < 1.29 is 14.3 Å². The Morgan fingerprint density at radius 1 is 1.50 bits per heavy atom. The van der Waals surface area contributed by atoms with Crippen LogP contribution in [0.15, 0.2) is 40.0 Å². The van der Waals surface area contributed by atoms with Crippen LogP contribution in [0.1, 0.15) is 13.3 Å². The lowest BCUT2D eigenvalue weighted by atomic mass is 10.2. The quantitative estimate of drug-likeness (QED) is 0.827. The molecule has 1 aliphatic carbocycles. The van der Waals surface area contributed by atoms with E-state index in [4.69, 9.17) is 9.52 Å². The Hall–Kier alpha value is -1.42. The molecule has 0 amide bonds. The van der Waals surface area contributed by atoms with Crippen molar-refractivity contribution in [2.75, 3.05) is 0 Å². The van der Waals surface area contributed by atoms with Crippen LogP contribution in [-0.2, 0) is 4.79 Å². The molecule has 1 aliphatic heterocycles. The lowest BCUT2D eigenvalue weighted by Gasteiger charge is -2.08. The van der Waals surface area contributed by atoms with Gasteiger partial charge in [-0.15, -0.1) is 11.8 Å². The molecule has 16 heavy (non-hydrogen) atoms. The molecule has 0 bridgehead atoms. The Labute approximate surface area is 97.8 Å². The van der Waals surface area contributed by atoms with E-state index in [0.29, 0.717) is 0 Å². The number of carboxylic acid groups (broad SMARTS) is 1. The topological polar surface area (TPSA) is 50.4 Å². The van der Waals surface area contributed by atoms with E-state index in [1.165, 1.54) is 0 Å². The van der Waals surface area contributed by atoms with Crippen LogP contribution in [0.2, 0.25) is 0 Å². The summed E-state index contributed by atoms with van der Waals surface area (Å²) in [5.41, 5.74) is 2.17. The zero-order valence-corrected chi connectivity index (χ0v) is 9.66. The van der Waals surface area contributed by atoms with Crippen molar-refractivity contribution in [1.82, 2.24) is 0 Å². The molecule has 0 fully saturated rings. The predicted molar refractivity (Wildman–Crippen MR) is 62.9 cm³/mol. The zero-order chi connectivity index (χ0) is 11.5. The second-order valence-corrected chi connectivity index (χ2v) is 5.13. The third-order valence-electron chi connectivity index (χ3n) is 2.29. The minimum atomic E-state index is -0.758. The van der Waals surface area contributed by atoms with Crippen LogP contribution in [0.25, 0.3) is 11.1 Å². The van der Waals surface area contributed by atoms with Crippen LogP contribution >= 0.6 is 11.8 Å². The van der Waals surface area contributed by atoms with Crippen LogP contribution in [0, 0.1) is 0 Å². The summed E-state index contributed by atoms with van der Waals surface area (Å²) in [5, 5.41) is 8.77. The molecule has 84 valence electrons. The van der Waals surface area contributed by atoms with E-state index in [0.717, 1.165) is 16.0 Å². The number of carboxylic acids is 1. The second kappa shape index (κ2) is 4.61. The van der Waals surface area contributed by atoms with Crippen LogP contribution in [0.5, 0.6) is 0 Å². The third kappa shape index (κ3) is 2.39. The number of rotatable bonds is 4. The Morgan fingerprint density at radius 2 is 2.31 bits per heavy atom. The molecule has 0 saturated carbocycles. The van der Waals surface area contributed by atoms with Crippen molar-refractivity contribution in [2.45, 2.75) is 23.5 Å². The molecule has 2 rings (SSSR count). The first-order valence-electron chi connectivity index (χ1n) is 5.00.